The molecule has 0 amide bonds. The largest absolute Gasteiger partial charge is 0.462 e. The normalized spacial score (nSPS) is 11.5. The van der Waals surface area contributed by atoms with Crippen molar-refractivity contribution in [3.8, 4) is 0 Å². The van der Waals surface area contributed by atoms with Gasteiger partial charge in [-0.2, -0.15) is 4.21 Å². The first kappa shape index (κ1) is 19.5. The van der Waals surface area contributed by atoms with Crippen LogP contribution in [-0.2, 0) is 38.8 Å². The summed E-state index contributed by atoms with van der Waals surface area (Å²) in [6.07, 6.45) is 0.374. The fraction of sp³-hybridized carbons (Fsp3) is 0.538. The van der Waals surface area contributed by atoms with Gasteiger partial charge in [0.2, 0.25) is 0 Å². The van der Waals surface area contributed by atoms with E-state index in [9.17, 15) is 13.8 Å². The van der Waals surface area contributed by atoms with E-state index < -0.39 is 23.3 Å². The second kappa shape index (κ2) is 11.2. The maximum atomic E-state index is 11.2. The second-order valence-electron chi connectivity index (χ2n) is 4.03. The van der Waals surface area contributed by atoms with Crippen LogP contribution in [0, 0.1) is 0 Å². The van der Waals surface area contributed by atoms with Crippen LogP contribution in [0.5, 0.6) is 0 Å². The summed E-state index contributed by atoms with van der Waals surface area (Å²) in [4.78, 5) is 22.0. The molecule has 0 aliphatic carbocycles. The van der Waals surface area contributed by atoms with Crippen molar-refractivity contribution in [1.82, 2.24) is 0 Å². The standard InChI is InChI=1S/C13H20O7S/c1-10(2)12(14)17-6-5-7-19-21(16)20-9-8-18-13(15)11(3)4/h1,3,5-9H2,2,4H3. The molecule has 0 fully saturated rings. The maximum absolute atomic E-state index is 11.2. The number of esters is 2. The van der Waals surface area contributed by atoms with Gasteiger partial charge >= 0.3 is 23.3 Å². The van der Waals surface area contributed by atoms with E-state index in [0.29, 0.717) is 12.0 Å². The smallest absolute Gasteiger partial charge is 0.333 e. The molecule has 0 N–H and O–H groups in total. The number of ether oxygens (including phenoxy) is 2. The second-order valence-corrected chi connectivity index (χ2v) is 4.91. The monoisotopic (exact) mass is 320 g/mol. The van der Waals surface area contributed by atoms with Crippen LogP contribution < -0.4 is 0 Å². The van der Waals surface area contributed by atoms with Crippen LogP contribution in [0.25, 0.3) is 0 Å². The topological polar surface area (TPSA) is 88.1 Å². The van der Waals surface area contributed by atoms with Crippen LogP contribution >= 0.6 is 0 Å². The van der Waals surface area contributed by atoms with E-state index in [4.69, 9.17) is 17.8 Å². The molecule has 0 spiro atoms. The summed E-state index contributed by atoms with van der Waals surface area (Å²) < 4.78 is 30.3. The van der Waals surface area contributed by atoms with Gasteiger partial charge in [-0.15, -0.1) is 0 Å². The minimum absolute atomic E-state index is 0.0446. The van der Waals surface area contributed by atoms with Crippen LogP contribution in [0.3, 0.4) is 0 Å². The summed E-state index contributed by atoms with van der Waals surface area (Å²) in [5.74, 6) is -1.02. The van der Waals surface area contributed by atoms with Crippen LogP contribution in [0.4, 0.5) is 0 Å². The van der Waals surface area contributed by atoms with Crippen molar-refractivity contribution in [2.45, 2.75) is 20.3 Å². The van der Waals surface area contributed by atoms with E-state index in [1.54, 1.807) is 6.92 Å². The van der Waals surface area contributed by atoms with Gasteiger partial charge in [0.05, 0.1) is 13.2 Å². The van der Waals surface area contributed by atoms with Gasteiger partial charge in [0.25, 0.3) is 0 Å². The molecular formula is C13H20O7S. The van der Waals surface area contributed by atoms with Crippen LogP contribution in [0.2, 0.25) is 0 Å². The summed E-state index contributed by atoms with van der Waals surface area (Å²) in [6, 6.07) is 0. The highest BCUT2D eigenvalue weighted by atomic mass is 32.2. The lowest BCUT2D eigenvalue weighted by Gasteiger charge is -2.06. The van der Waals surface area contributed by atoms with E-state index in [0.717, 1.165) is 0 Å². The fourth-order valence-electron chi connectivity index (χ4n) is 0.868. The average Bonchev–Trinajstić information content (AvgIpc) is 2.42. The molecule has 0 aromatic rings. The van der Waals surface area contributed by atoms with Crippen LogP contribution in [0.15, 0.2) is 24.3 Å². The summed E-state index contributed by atoms with van der Waals surface area (Å²) in [5, 5.41) is 0. The molecule has 120 valence electrons. The van der Waals surface area contributed by atoms with E-state index in [-0.39, 0.29) is 32.0 Å². The zero-order chi connectivity index (χ0) is 16.3. The third-order valence-electron chi connectivity index (χ3n) is 1.89. The van der Waals surface area contributed by atoms with Gasteiger partial charge in [-0.05, 0) is 13.8 Å². The highest BCUT2D eigenvalue weighted by Gasteiger charge is 2.06. The molecule has 0 heterocycles. The first-order valence-corrected chi connectivity index (χ1v) is 7.18. The Morgan fingerprint density at radius 1 is 0.857 bits per heavy atom. The Morgan fingerprint density at radius 3 is 1.86 bits per heavy atom. The molecule has 0 aliphatic heterocycles. The van der Waals surface area contributed by atoms with Gasteiger partial charge in [-0.3, -0.25) is 8.37 Å². The predicted molar refractivity (Wildman–Crippen MR) is 76.2 cm³/mol. The molecule has 1 unspecified atom stereocenters. The lowest BCUT2D eigenvalue weighted by atomic mass is 10.4. The van der Waals surface area contributed by atoms with E-state index >= 15 is 0 Å². The average molecular weight is 320 g/mol. The molecule has 0 saturated carbocycles. The Labute approximate surface area is 126 Å². The zero-order valence-corrected chi connectivity index (χ0v) is 13.0. The predicted octanol–water partition coefficient (Wildman–Crippen LogP) is 1.23. The number of carbonyl (C=O) groups excluding carboxylic acids is 2. The van der Waals surface area contributed by atoms with Crippen molar-refractivity contribution >= 4 is 23.3 Å². The van der Waals surface area contributed by atoms with Crippen molar-refractivity contribution in [2.75, 3.05) is 26.4 Å². The minimum Gasteiger partial charge on any atom is -0.462 e. The summed E-state index contributed by atoms with van der Waals surface area (Å²) in [5.41, 5.74) is 0.587. The third-order valence-corrected chi connectivity index (χ3v) is 2.61. The SMILES string of the molecule is C=C(C)C(=O)OCCCOS(=O)OCCOC(=O)C(=C)C. The number of hydrogen-bond acceptors (Lipinski definition) is 7. The Morgan fingerprint density at radius 2 is 1.33 bits per heavy atom. The maximum Gasteiger partial charge on any atom is 0.333 e. The van der Waals surface area contributed by atoms with E-state index in [2.05, 4.69) is 13.2 Å². The number of carbonyl (C=O) groups is 2. The third kappa shape index (κ3) is 10.9. The Kier molecular flexibility index (Phi) is 10.4. The first-order chi connectivity index (χ1) is 9.84. The lowest BCUT2D eigenvalue weighted by Crippen LogP contribution is -2.13. The van der Waals surface area contributed by atoms with E-state index in [1.807, 2.05) is 0 Å². The van der Waals surface area contributed by atoms with Crippen molar-refractivity contribution in [2.24, 2.45) is 0 Å². The molecular weight excluding hydrogens is 300 g/mol. The molecule has 0 rings (SSSR count). The highest BCUT2D eigenvalue weighted by Crippen LogP contribution is 1.97. The molecule has 0 aromatic heterocycles. The molecule has 1 atom stereocenters. The molecule has 0 bridgehead atoms. The molecule has 0 aromatic carbocycles. The van der Waals surface area contributed by atoms with Crippen molar-refractivity contribution in [3.63, 3.8) is 0 Å². The molecule has 0 saturated heterocycles. The first-order valence-electron chi connectivity index (χ1n) is 6.18. The van der Waals surface area contributed by atoms with Crippen molar-refractivity contribution in [1.29, 1.82) is 0 Å². The van der Waals surface area contributed by atoms with Crippen LogP contribution in [-0.4, -0.2) is 42.6 Å². The zero-order valence-electron chi connectivity index (χ0n) is 12.2. The molecule has 21 heavy (non-hydrogen) atoms. The van der Waals surface area contributed by atoms with Gasteiger partial charge < -0.3 is 9.47 Å². The van der Waals surface area contributed by atoms with Crippen molar-refractivity contribution < 1.29 is 31.6 Å². The minimum atomic E-state index is -1.94. The fourth-order valence-corrected chi connectivity index (χ4v) is 1.39. The highest BCUT2D eigenvalue weighted by molar-refractivity contribution is 7.75. The van der Waals surface area contributed by atoms with Crippen LogP contribution in [0.1, 0.15) is 20.3 Å². The molecule has 7 nitrogen and oxygen atoms in total. The Bertz CT molecular complexity index is 417. The quantitative estimate of drug-likeness (QED) is 0.321. The summed E-state index contributed by atoms with van der Waals surface area (Å²) in [7, 11) is 0. The van der Waals surface area contributed by atoms with Gasteiger partial charge in [0.15, 0.2) is 0 Å². The lowest BCUT2D eigenvalue weighted by molar-refractivity contribution is -0.140. The molecule has 8 heteroatoms. The number of rotatable bonds is 11. The molecule has 0 radical (unpaired) electrons. The number of hydrogen-bond donors (Lipinski definition) is 0. The Balaban J connectivity index is 3.51. The van der Waals surface area contributed by atoms with Gasteiger partial charge in [0, 0.05) is 17.6 Å². The van der Waals surface area contributed by atoms with Gasteiger partial charge in [-0.25, -0.2) is 9.59 Å². The summed E-state index contributed by atoms with van der Waals surface area (Å²) in [6.45, 7) is 10.0. The van der Waals surface area contributed by atoms with Crippen molar-refractivity contribution in [3.05, 3.63) is 24.3 Å². The summed E-state index contributed by atoms with van der Waals surface area (Å²) >= 11 is -1.94. The van der Waals surface area contributed by atoms with E-state index in [1.165, 1.54) is 6.92 Å². The molecule has 0 aliphatic rings. The Hall–Kier alpha value is -1.51. The van der Waals surface area contributed by atoms with Gasteiger partial charge in [0.1, 0.15) is 13.2 Å². The van der Waals surface area contributed by atoms with Gasteiger partial charge in [-0.1, -0.05) is 13.2 Å².